The first-order valence-corrected chi connectivity index (χ1v) is 10.9. The van der Waals surface area contributed by atoms with Crippen molar-refractivity contribution in [2.24, 2.45) is 4.99 Å². The lowest BCUT2D eigenvalue weighted by Gasteiger charge is -2.27. The molecular formula is C22H35IN4O3. The molecular weight excluding hydrogens is 495 g/mol. The third-order valence-electron chi connectivity index (χ3n) is 5.50. The van der Waals surface area contributed by atoms with Crippen LogP contribution in [0.4, 0.5) is 0 Å². The van der Waals surface area contributed by atoms with Gasteiger partial charge in [-0.15, -0.1) is 24.0 Å². The molecule has 2 fully saturated rings. The first-order chi connectivity index (χ1) is 14.1. The van der Waals surface area contributed by atoms with Crippen molar-refractivity contribution in [1.29, 1.82) is 0 Å². The molecule has 2 aliphatic rings. The normalized spacial score (nSPS) is 24.1. The summed E-state index contributed by atoms with van der Waals surface area (Å²) in [6.45, 7) is 4.68. The third kappa shape index (κ3) is 8.03. The minimum absolute atomic E-state index is 0. The monoisotopic (exact) mass is 530 g/mol. The maximum atomic E-state index is 12.4. The molecule has 1 unspecified atom stereocenters. The molecule has 1 saturated carbocycles. The summed E-state index contributed by atoms with van der Waals surface area (Å²) in [4.78, 5) is 17.1. The highest BCUT2D eigenvalue weighted by Crippen LogP contribution is 2.18. The smallest absolute Gasteiger partial charge is 0.251 e. The summed E-state index contributed by atoms with van der Waals surface area (Å²) in [5.74, 6) is 0.708. The van der Waals surface area contributed by atoms with Gasteiger partial charge < -0.3 is 25.8 Å². The summed E-state index contributed by atoms with van der Waals surface area (Å²) in [6, 6.07) is 7.95. The van der Waals surface area contributed by atoms with Crippen molar-refractivity contribution in [2.75, 3.05) is 19.7 Å². The maximum absolute atomic E-state index is 12.4. The van der Waals surface area contributed by atoms with Crippen molar-refractivity contribution in [1.82, 2.24) is 16.0 Å². The summed E-state index contributed by atoms with van der Waals surface area (Å²) in [6.07, 6.45) is 5.62. The lowest BCUT2D eigenvalue weighted by molar-refractivity contribution is 0.0857. The van der Waals surface area contributed by atoms with Crippen molar-refractivity contribution in [3.63, 3.8) is 0 Å². The number of hydrogen-bond acceptors (Lipinski definition) is 4. The fourth-order valence-electron chi connectivity index (χ4n) is 3.83. The Morgan fingerprint density at radius 1 is 1.20 bits per heavy atom. The number of rotatable bonds is 7. The van der Waals surface area contributed by atoms with Gasteiger partial charge in [-0.2, -0.15) is 0 Å². The zero-order chi connectivity index (χ0) is 20.5. The molecule has 1 atom stereocenters. The zero-order valence-electron chi connectivity index (χ0n) is 17.7. The zero-order valence-corrected chi connectivity index (χ0v) is 20.1. The average Bonchev–Trinajstić information content (AvgIpc) is 3.26. The van der Waals surface area contributed by atoms with Crippen molar-refractivity contribution >= 4 is 35.8 Å². The topological polar surface area (TPSA) is 95.0 Å². The van der Waals surface area contributed by atoms with E-state index in [9.17, 15) is 9.90 Å². The summed E-state index contributed by atoms with van der Waals surface area (Å²) in [5.41, 5.74) is 1.64. The Labute approximate surface area is 196 Å². The van der Waals surface area contributed by atoms with Gasteiger partial charge in [0.25, 0.3) is 5.91 Å². The molecule has 4 N–H and O–H groups in total. The first kappa shape index (κ1) is 24.9. The Morgan fingerprint density at radius 3 is 2.70 bits per heavy atom. The molecule has 30 heavy (non-hydrogen) atoms. The molecule has 168 valence electrons. The number of aliphatic hydroxyl groups is 1. The Bertz CT molecular complexity index is 687. The lowest BCUT2D eigenvalue weighted by Crippen LogP contribution is -2.45. The van der Waals surface area contributed by atoms with Gasteiger partial charge in [-0.25, -0.2) is 4.99 Å². The molecule has 1 amide bonds. The van der Waals surface area contributed by atoms with Crippen LogP contribution in [0, 0.1) is 0 Å². The second-order valence-corrected chi connectivity index (χ2v) is 7.89. The molecule has 7 nitrogen and oxygen atoms in total. The molecule has 3 rings (SSSR count). The second kappa shape index (κ2) is 13.1. The van der Waals surface area contributed by atoms with Gasteiger partial charge >= 0.3 is 0 Å². The molecule has 1 aromatic carbocycles. The number of ether oxygens (including phenoxy) is 1. The third-order valence-corrected chi connectivity index (χ3v) is 5.50. The van der Waals surface area contributed by atoms with Gasteiger partial charge in [-0.1, -0.05) is 12.1 Å². The second-order valence-electron chi connectivity index (χ2n) is 7.89. The average molecular weight is 530 g/mol. The van der Waals surface area contributed by atoms with Crippen LogP contribution in [0.25, 0.3) is 0 Å². The first-order valence-electron chi connectivity index (χ1n) is 10.9. The lowest BCUT2D eigenvalue weighted by atomic mass is 9.93. The fraction of sp³-hybridized carbons (Fsp3) is 0.636. The summed E-state index contributed by atoms with van der Waals surface area (Å²) in [5, 5.41) is 19.4. The van der Waals surface area contributed by atoms with Gasteiger partial charge in [0.1, 0.15) is 0 Å². The van der Waals surface area contributed by atoms with E-state index in [0.717, 1.165) is 63.2 Å². The SMILES string of the molecule is CCNC(=NCc1cccc(C(=O)NCC2CCCO2)c1)NC1CCC(O)CC1.I. The number of carbonyl (C=O) groups excluding carboxylic acids is 1. The van der Waals surface area contributed by atoms with Crippen LogP contribution in [0.2, 0.25) is 0 Å². The number of nitrogens with one attached hydrogen (secondary N) is 3. The number of aliphatic imine (C=N–C) groups is 1. The van der Waals surface area contributed by atoms with E-state index >= 15 is 0 Å². The van der Waals surface area contributed by atoms with Crippen LogP contribution in [0.3, 0.4) is 0 Å². The van der Waals surface area contributed by atoms with Crippen LogP contribution >= 0.6 is 24.0 Å². The van der Waals surface area contributed by atoms with Gasteiger partial charge in [0, 0.05) is 31.3 Å². The largest absolute Gasteiger partial charge is 0.393 e. The van der Waals surface area contributed by atoms with E-state index in [2.05, 4.69) is 20.9 Å². The quantitative estimate of drug-likeness (QED) is 0.247. The number of carbonyl (C=O) groups is 1. The van der Waals surface area contributed by atoms with Gasteiger partial charge in [0.15, 0.2) is 5.96 Å². The molecule has 1 aliphatic carbocycles. The van der Waals surface area contributed by atoms with E-state index in [0.29, 0.717) is 24.7 Å². The van der Waals surface area contributed by atoms with E-state index in [1.807, 2.05) is 31.2 Å². The number of nitrogens with zero attached hydrogens (tertiary/aromatic N) is 1. The molecule has 1 heterocycles. The fourth-order valence-corrected chi connectivity index (χ4v) is 3.83. The van der Waals surface area contributed by atoms with E-state index in [1.54, 1.807) is 0 Å². The standard InChI is InChI=1S/C22H34N4O3.HI/c1-2-23-22(26-18-8-10-19(27)11-9-18)25-14-16-5-3-6-17(13-16)21(28)24-15-20-7-4-12-29-20;/h3,5-6,13,18-20,27H,2,4,7-12,14-15H2,1H3,(H,24,28)(H2,23,25,26);1H. The van der Waals surface area contributed by atoms with Gasteiger partial charge in [-0.05, 0) is 63.1 Å². The van der Waals surface area contributed by atoms with Crippen molar-refractivity contribution in [2.45, 2.75) is 70.2 Å². The highest BCUT2D eigenvalue weighted by molar-refractivity contribution is 14.0. The Balaban J connectivity index is 0.00000320. The van der Waals surface area contributed by atoms with Crippen LogP contribution in [-0.4, -0.2) is 54.9 Å². The highest BCUT2D eigenvalue weighted by atomic mass is 127. The highest BCUT2D eigenvalue weighted by Gasteiger charge is 2.20. The predicted molar refractivity (Wildman–Crippen MR) is 129 cm³/mol. The van der Waals surface area contributed by atoms with Gasteiger partial charge in [0.05, 0.1) is 18.8 Å². The molecule has 1 aromatic rings. The molecule has 0 radical (unpaired) electrons. The number of guanidine groups is 1. The Morgan fingerprint density at radius 2 is 2.00 bits per heavy atom. The van der Waals surface area contributed by atoms with Gasteiger partial charge in [-0.3, -0.25) is 4.79 Å². The van der Waals surface area contributed by atoms with Crippen molar-refractivity contribution in [3.8, 4) is 0 Å². The molecule has 1 saturated heterocycles. The Kier molecular flexibility index (Phi) is 10.9. The minimum Gasteiger partial charge on any atom is -0.393 e. The number of amides is 1. The minimum atomic E-state index is -0.165. The maximum Gasteiger partial charge on any atom is 0.251 e. The predicted octanol–water partition coefficient (Wildman–Crippen LogP) is 2.57. The van der Waals surface area contributed by atoms with E-state index in [1.165, 1.54) is 0 Å². The Hall–Kier alpha value is -1.39. The summed E-state index contributed by atoms with van der Waals surface area (Å²) in [7, 11) is 0. The van der Waals surface area contributed by atoms with Crippen LogP contribution in [0.5, 0.6) is 0 Å². The summed E-state index contributed by atoms with van der Waals surface area (Å²) >= 11 is 0. The molecule has 0 bridgehead atoms. The van der Waals surface area contributed by atoms with Crippen LogP contribution < -0.4 is 16.0 Å². The number of halogens is 1. The molecule has 8 heteroatoms. The van der Waals surface area contributed by atoms with Crippen molar-refractivity contribution in [3.05, 3.63) is 35.4 Å². The van der Waals surface area contributed by atoms with Crippen LogP contribution in [0.15, 0.2) is 29.3 Å². The molecule has 0 spiro atoms. The van der Waals surface area contributed by atoms with Crippen molar-refractivity contribution < 1.29 is 14.6 Å². The van der Waals surface area contributed by atoms with E-state index < -0.39 is 0 Å². The van der Waals surface area contributed by atoms with Crippen LogP contribution in [0.1, 0.15) is 61.4 Å². The van der Waals surface area contributed by atoms with Crippen LogP contribution in [-0.2, 0) is 11.3 Å². The van der Waals surface area contributed by atoms with E-state index in [-0.39, 0.29) is 42.1 Å². The molecule has 0 aromatic heterocycles. The number of aliphatic hydroxyl groups excluding tert-OH is 1. The van der Waals surface area contributed by atoms with Gasteiger partial charge in [0.2, 0.25) is 0 Å². The van der Waals surface area contributed by atoms with E-state index in [4.69, 9.17) is 4.74 Å². The number of hydrogen-bond donors (Lipinski definition) is 4. The number of benzene rings is 1. The molecule has 1 aliphatic heterocycles. The summed E-state index contributed by atoms with van der Waals surface area (Å²) < 4.78 is 5.56.